The molecular weight excluding hydrogens is 270 g/mol. The maximum Gasteiger partial charge on any atom is 0.164 e. The van der Waals surface area contributed by atoms with Crippen molar-refractivity contribution in [2.24, 2.45) is 0 Å². The van der Waals surface area contributed by atoms with Gasteiger partial charge >= 0.3 is 0 Å². The van der Waals surface area contributed by atoms with Crippen LogP contribution in [0.3, 0.4) is 0 Å². The maximum atomic E-state index is 5.99. The molecule has 3 rings (SSSR count). The summed E-state index contributed by atoms with van der Waals surface area (Å²) in [6.45, 7) is 4.86. The number of benzene rings is 1. The van der Waals surface area contributed by atoms with Gasteiger partial charge in [0, 0.05) is 11.4 Å². The Hall–Kier alpha value is -2.08. The lowest BCUT2D eigenvalue weighted by Gasteiger charge is -2.00. The molecule has 0 radical (unpaired) electrons. The number of aryl methyl sites for hydroxylation is 2. The topological polar surface area (TPSA) is 69.6 Å². The number of hydrogen-bond donors (Lipinski definition) is 1. The normalized spacial score (nSPS) is 11.1. The fraction of sp³-hybridized carbons (Fsp3) is 0.214. The van der Waals surface area contributed by atoms with Crippen molar-refractivity contribution in [3.63, 3.8) is 0 Å². The number of nitrogens with zero attached hydrogens (tertiary/aromatic N) is 4. The number of hydrogen-bond acceptors (Lipinski definition) is 5. The fourth-order valence-electron chi connectivity index (χ4n) is 2.01. The Morgan fingerprint density at radius 2 is 1.95 bits per heavy atom. The summed E-state index contributed by atoms with van der Waals surface area (Å²) in [5.41, 5.74) is 8.01. The Morgan fingerprint density at radius 1 is 1.20 bits per heavy atom. The van der Waals surface area contributed by atoms with Crippen molar-refractivity contribution in [1.82, 2.24) is 19.7 Å². The van der Waals surface area contributed by atoms with Crippen molar-refractivity contribution < 1.29 is 0 Å². The second-order valence-electron chi connectivity index (χ2n) is 4.49. The number of fused-ring (bicyclic) bond motifs is 1. The molecule has 0 saturated heterocycles. The molecule has 0 aliphatic carbocycles. The molecule has 20 heavy (non-hydrogen) atoms. The molecule has 2 N–H and O–H groups in total. The molecule has 5 nitrogen and oxygen atoms in total. The molecule has 0 aliphatic rings. The van der Waals surface area contributed by atoms with E-state index >= 15 is 0 Å². The largest absolute Gasteiger partial charge is 0.383 e. The van der Waals surface area contributed by atoms with Crippen LogP contribution >= 0.6 is 11.8 Å². The molecule has 0 bridgehead atoms. The molecule has 2 heterocycles. The highest BCUT2D eigenvalue weighted by Gasteiger charge is 2.15. The van der Waals surface area contributed by atoms with Crippen LogP contribution in [-0.4, -0.2) is 19.7 Å². The molecule has 6 heteroatoms. The third-order valence-corrected chi connectivity index (χ3v) is 4.05. The highest BCUT2D eigenvalue weighted by Crippen LogP contribution is 2.34. The van der Waals surface area contributed by atoms with Crippen molar-refractivity contribution in [3.8, 4) is 0 Å². The van der Waals surface area contributed by atoms with E-state index in [1.807, 2.05) is 11.6 Å². The van der Waals surface area contributed by atoms with Crippen LogP contribution in [0.4, 0.5) is 5.82 Å². The van der Waals surface area contributed by atoms with Crippen molar-refractivity contribution in [1.29, 1.82) is 0 Å². The SMILES string of the molecule is CCn1nc(Sc2ccc(C)cc2)c2c(N)ncnc21. The molecule has 0 aliphatic heterocycles. The lowest BCUT2D eigenvalue weighted by molar-refractivity contribution is 0.656. The Balaban J connectivity index is 2.09. The number of nitrogens with two attached hydrogens (primary N) is 1. The van der Waals surface area contributed by atoms with E-state index in [4.69, 9.17) is 5.73 Å². The van der Waals surface area contributed by atoms with Gasteiger partial charge in [0.15, 0.2) is 5.65 Å². The van der Waals surface area contributed by atoms with Gasteiger partial charge in [0.05, 0.1) is 5.39 Å². The molecule has 2 aromatic heterocycles. The summed E-state index contributed by atoms with van der Waals surface area (Å²) in [7, 11) is 0. The zero-order chi connectivity index (χ0) is 14.1. The van der Waals surface area contributed by atoms with E-state index in [-0.39, 0.29) is 0 Å². The van der Waals surface area contributed by atoms with Gasteiger partial charge < -0.3 is 5.73 Å². The van der Waals surface area contributed by atoms with Gasteiger partial charge in [-0.3, -0.25) is 0 Å². The lowest BCUT2D eigenvalue weighted by Crippen LogP contribution is -1.98. The predicted molar refractivity (Wildman–Crippen MR) is 80.7 cm³/mol. The Bertz CT molecular complexity index is 748. The Kier molecular flexibility index (Phi) is 3.31. The van der Waals surface area contributed by atoms with Gasteiger partial charge in [0.1, 0.15) is 17.2 Å². The minimum atomic E-state index is 0.476. The maximum absolute atomic E-state index is 5.99. The van der Waals surface area contributed by atoms with Crippen LogP contribution < -0.4 is 5.73 Å². The summed E-state index contributed by atoms with van der Waals surface area (Å²) in [6, 6.07) is 8.33. The summed E-state index contributed by atoms with van der Waals surface area (Å²) < 4.78 is 1.85. The highest BCUT2D eigenvalue weighted by atomic mass is 32.2. The average molecular weight is 285 g/mol. The molecule has 0 atom stereocenters. The first-order chi connectivity index (χ1) is 9.69. The first-order valence-corrected chi connectivity index (χ1v) is 7.22. The second-order valence-corrected chi connectivity index (χ2v) is 5.56. The Morgan fingerprint density at radius 3 is 2.65 bits per heavy atom. The number of rotatable bonds is 3. The second kappa shape index (κ2) is 5.13. The van der Waals surface area contributed by atoms with Crippen molar-refractivity contribution in [3.05, 3.63) is 36.2 Å². The van der Waals surface area contributed by atoms with E-state index in [0.717, 1.165) is 27.5 Å². The van der Waals surface area contributed by atoms with Gasteiger partial charge in [0.2, 0.25) is 0 Å². The van der Waals surface area contributed by atoms with Gasteiger partial charge in [-0.05, 0) is 26.0 Å². The summed E-state index contributed by atoms with van der Waals surface area (Å²) in [5, 5.41) is 6.27. The predicted octanol–water partition coefficient (Wildman–Crippen LogP) is 2.89. The summed E-state index contributed by atoms with van der Waals surface area (Å²) >= 11 is 1.58. The average Bonchev–Trinajstić information content (AvgIpc) is 2.81. The van der Waals surface area contributed by atoms with Crippen LogP contribution in [-0.2, 0) is 6.54 Å². The first kappa shape index (κ1) is 12.9. The van der Waals surface area contributed by atoms with Crippen molar-refractivity contribution in [2.75, 3.05) is 5.73 Å². The first-order valence-electron chi connectivity index (χ1n) is 6.40. The number of nitrogen functional groups attached to an aromatic ring is 1. The van der Waals surface area contributed by atoms with Crippen LogP contribution in [0.25, 0.3) is 11.0 Å². The minimum Gasteiger partial charge on any atom is -0.383 e. The molecule has 0 amide bonds. The van der Waals surface area contributed by atoms with Crippen LogP contribution in [0.2, 0.25) is 0 Å². The van der Waals surface area contributed by atoms with Crippen LogP contribution in [0.1, 0.15) is 12.5 Å². The van der Waals surface area contributed by atoms with E-state index in [2.05, 4.69) is 46.3 Å². The third-order valence-electron chi connectivity index (χ3n) is 3.06. The monoisotopic (exact) mass is 285 g/mol. The molecule has 0 spiro atoms. The zero-order valence-electron chi connectivity index (χ0n) is 11.4. The number of aromatic nitrogens is 4. The van der Waals surface area contributed by atoms with E-state index in [9.17, 15) is 0 Å². The molecule has 102 valence electrons. The smallest absolute Gasteiger partial charge is 0.164 e. The summed E-state index contributed by atoms with van der Waals surface area (Å²) in [5.74, 6) is 0.476. The van der Waals surface area contributed by atoms with E-state index in [1.165, 1.54) is 11.9 Å². The van der Waals surface area contributed by atoms with Gasteiger partial charge in [-0.25, -0.2) is 14.6 Å². The van der Waals surface area contributed by atoms with Gasteiger partial charge in [-0.2, -0.15) is 5.10 Å². The van der Waals surface area contributed by atoms with Crippen LogP contribution in [0.5, 0.6) is 0 Å². The molecule has 1 aromatic carbocycles. The molecule has 0 saturated carbocycles. The quantitative estimate of drug-likeness (QED) is 0.801. The lowest BCUT2D eigenvalue weighted by atomic mass is 10.2. The van der Waals surface area contributed by atoms with E-state index in [1.54, 1.807) is 11.8 Å². The van der Waals surface area contributed by atoms with Gasteiger partial charge in [0.25, 0.3) is 0 Å². The molecule has 0 unspecified atom stereocenters. The van der Waals surface area contributed by atoms with Crippen molar-refractivity contribution in [2.45, 2.75) is 30.3 Å². The minimum absolute atomic E-state index is 0.476. The zero-order valence-corrected chi connectivity index (χ0v) is 12.2. The van der Waals surface area contributed by atoms with E-state index in [0.29, 0.717) is 5.82 Å². The van der Waals surface area contributed by atoms with Gasteiger partial charge in [-0.1, -0.05) is 29.5 Å². The summed E-state index contributed by atoms with van der Waals surface area (Å²) in [6.07, 6.45) is 1.48. The molecular formula is C14H15N5S. The van der Waals surface area contributed by atoms with E-state index < -0.39 is 0 Å². The van der Waals surface area contributed by atoms with Crippen LogP contribution in [0.15, 0.2) is 40.5 Å². The highest BCUT2D eigenvalue weighted by molar-refractivity contribution is 7.99. The Labute approximate surface area is 121 Å². The van der Waals surface area contributed by atoms with Crippen LogP contribution in [0, 0.1) is 6.92 Å². The third kappa shape index (κ3) is 2.22. The summed E-state index contributed by atoms with van der Waals surface area (Å²) in [4.78, 5) is 9.48. The van der Waals surface area contributed by atoms with Crippen molar-refractivity contribution >= 4 is 28.6 Å². The molecule has 0 fully saturated rings. The fourth-order valence-corrected chi connectivity index (χ4v) is 2.94. The standard InChI is InChI=1S/C14H15N5S/c1-3-19-13-11(12(15)16-8-17-13)14(18-19)20-10-6-4-9(2)5-7-10/h4-8H,3H2,1-2H3,(H2,15,16,17). The van der Waals surface area contributed by atoms with Gasteiger partial charge in [-0.15, -0.1) is 0 Å². The molecule has 3 aromatic rings. The number of anilines is 1.